The lowest BCUT2D eigenvalue weighted by molar-refractivity contribution is 0.197. The molecule has 6 nitrogen and oxygen atoms in total. The van der Waals surface area contributed by atoms with Gasteiger partial charge < -0.3 is 5.32 Å². The van der Waals surface area contributed by atoms with Gasteiger partial charge in [0.05, 0.1) is 17.1 Å². The molecule has 1 N–H and O–H groups in total. The standard InChI is InChI=1S/C26H30N6/c1-19-25(21-10-12-28-23(15-21)16-27-2)26-29-13-11-24(32(26)30-19)22-9-6-14-31(18-22)17-20-7-4-3-5-8-20/h3-5,7-8,10-13,15,22,27H,6,9,14,16-18H2,1-2H3. The quantitative estimate of drug-likeness (QED) is 0.501. The van der Waals surface area contributed by atoms with E-state index in [1.807, 2.05) is 19.4 Å². The minimum absolute atomic E-state index is 0.447. The van der Waals surface area contributed by atoms with Crippen LogP contribution in [0.3, 0.4) is 0 Å². The van der Waals surface area contributed by atoms with Crippen molar-refractivity contribution in [3.63, 3.8) is 0 Å². The summed E-state index contributed by atoms with van der Waals surface area (Å²) < 4.78 is 2.08. The van der Waals surface area contributed by atoms with Gasteiger partial charge in [-0.25, -0.2) is 9.50 Å². The number of pyridine rings is 1. The maximum absolute atomic E-state index is 4.95. The predicted molar refractivity (Wildman–Crippen MR) is 127 cm³/mol. The Morgan fingerprint density at radius 2 is 1.91 bits per heavy atom. The average Bonchev–Trinajstić information content (AvgIpc) is 3.16. The van der Waals surface area contributed by atoms with Crippen LogP contribution < -0.4 is 5.32 Å². The topological polar surface area (TPSA) is 58.4 Å². The van der Waals surface area contributed by atoms with Crippen molar-refractivity contribution in [3.8, 4) is 11.1 Å². The molecular weight excluding hydrogens is 396 g/mol. The highest BCUT2D eigenvalue weighted by molar-refractivity contribution is 5.79. The summed E-state index contributed by atoms with van der Waals surface area (Å²) in [7, 11) is 1.94. The molecule has 1 atom stereocenters. The molecule has 0 amide bonds. The van der Waals surface area contributed by atoms with Crippen LogP contribution in [0.15, 0.2) is 60.9 Å². The van der Waals surface area contributed by atoms with Gasteiger partial charge in [0.2, 0.25) is 0 Å². The summed E-state index contributed by atoms with van der Waals surface area (Å²) in [5.41, 5.74) is 7.81. The third kappa shape index (κ3) is 4.16. The van der Waals surface area contributed by atoms with Gasteiger partial charge >= 0.3 is 0 Å². The lowest BCUT2D eigenvalue weighted by Gasteiger charge is -2.33. The van der Waals surface area contributed by atoms with Crippen LogP contribution in [0.2, 0.25) is 0 Å². The normalized spacial score (nSPS) is 17.1. The Bertz CT molecular complexity index is 1200. The summed E-state index contributed by atoms with van der Waals surface area (Å²) in [6, 6.07) is 17.1. The number of likely N-dealkylation sites (tertiary alicyclic amines) is 1. The summed E-state index contributed by atoms with van der Waals surface area (Å²) in [5.74, 6) is 0.447. The minimum Gasteiger partial charge on any atom is -0.314 e. The minimum atomic E-state index is 0.447. The number of hydrogen-bond acceptors (Lipinski definition) is 5. The molecule has 4 heterocycles. The molecule has 32 heavy (non-hydrogen) atoms. The van der Waals surface area contributed by atoms with Crippen LogP contribution in [0.5, 0.6) is 0 Å². The Balaban J connectivity index is 1.47. The van der Waals surface area contributed by atoms with Gasteiger partial charge in [0, 0.05) is 43.5 Å². The molecule has 0 saturated carbocycles. The number of hydrogen-bond donors (Lipinski definition) is 1. The van der Waals surface area contributed by atoms with Crippen LogP contribution in [0.4, 0.5) is 0 Å². The maximum atomic E-state index is 4.95. The highest BCUT2D eigenvalue weighted by atomic mass is 15.3. The van der Waals surface area contributed by atoms with Crippen molar-refractivity contribution in [2.24, 2.45) is 0 Å². The number of nitrogens with one attached hydrogen (secondary N) is 1. The maximum Gasteiger partial charge on any atom is 0.163 e. The van der Waals surface area contributed by atoms with Crippen molar-refractivity contribution in [3.05, 3.63) is 83.6 Å². The summed E-state index contributed by atoms with van der Waals surface area (Å²) in [4.78, 5) is 11.8. The smallest absolute Gasteiger partial charge is 0.163 e. The van der Waals surface area contributed by atoms with Gasteiger partial charge in [-0.2, -0.15) is 5.10 Å². The van der Waals surface area contributed by atoms with Crippen LogP contribution in [0.25, 0.3) is 16.8 Å². The summed E-state index contributed by atoms with van der Waals surface area (Å²) in [6.45, 7) is 6.01. The molecule has 0 bridgehead atoms. The lowest BCUT2D eigenvalue weighted by Crippen LogP contribution is -2.34. The van der Waals surface area contributed by atoms with Crippen molar-refractivity contribution < 1.29 is 0 Å². The lowest BCUT2D eigenvalue weighted by atomic mass is 9.94. The first-order valence-corrected chi connectivity index (χ1v) is 11.4. The van der Waals surface area contributed by atoms with E-state index in [0.29, 0.717) is 5.92 Å². The average molecular weight is 427 g/mol. The number of aromatic nitrogens is 4. The van der Waals surface area contributed by atoms with E-state index in [9.17, 15) is 0 Å². The second-order valence-electron chi connectivity index (χ2n) is 8.69. The van der Waals surface area contributed by atoms with E-state index in [1.165, 1.54) is 24.1 Å². The molecule has 1 saturated heterocycles. The fourth-order valence-corrected chi connectivity index (χ4v) is 4.91. The molecule has 5 rings (SSSR count). The zero-order valence-electron chi connectivity index (χ0n) is 18.8. The first-order valence-electron chi connectivity index (χ1n) is 11.4. The van der Waals surface area contributed by atoms with Crippen molar-refractivity contribution >= 4 is 5.65 Å². The largest absolute Gasteiger partial charge is 0.314 e. The fraction of sp³-hybridized carbons (Fsp3) is 0.346. The number of nitrogens with zero attached hydrogens (tertiary/aromatic N) is 5. The van der Waals surface area contributed by atoms with Crippen molar-refractivity contribution in [1.82, 2.24) is 29.8 Å². The van der Waals surface area contributed by atoms with E-state index in [-0.39, 0.29) is 0 Å². The molecule has 0 aliphatic carbocycles. The predicted octanol–water partition coefficient (Wildman–Crippen LogP) is 4.20. The first kappa shape index (κ1) is 20.8. The van der Waals surface area contributed by atoms with Gasteiger partial charge in [-0.05, 0) is 62.7 Å². The molecule has 1 aliphatic rings. The molecule has 4 aromatic rings. The Morgan fingerprint density at radius 1 is 1.06 bits per heavy atom. The SMILES string of the molecule is CNCc1cc(-c2c(C)nn3c(C4CCCN(Cc5ccccc5)C4)ccnc23)ccn1. The molecule has 3 aromatic heterocycles. The van der Waals surface area contributed by atoms with Crippen LogP contribution in [-0.4, -0.2) is 44.6 Å². The third-order valence-electron chi connectivity index (χ3n) is 6.36. The van der Waals surface area contributed by atoms with Crippen LogP contribution in [0.1, 0.15) is 41.4 Å². The van der Waals surface area contributed by atoms with Gasteiger partial charge in [-0.15, -0.1) is 0 Å². The molecule has 1 unspecified atom stereocenters. The van der Waals surface area contributed by atoms with Crippen molar-refractivity contribution in [2.75, 3.05) is 20.1 Å². The molecule has 0 spiro atoms. The number of aryl methyl sites for hydroxylation is 1. The Hall–Kier alpha value is -3.09. The number of benzene rings is 1. The molecule has 6 heteroatoms. The number of fused-ring (bicyclic) bond motifs is 1. The Labute approximate surface area is 189 Å². The second kappa shape index (κ2) is 9.18. The summed E-state index contributed by atoms with van der Waals surface area (Å²) in [6.07, 6.45) is 6.20. The molecule has 1 fully saturated rings. The van der Waals surface area contributed by atoms with E-state index in [1.54, 1.807) is 0 Å². The zero-order valence-corrected chi connectivity index (χ0v) is 18.8. The van der Waals surface area contributed by atoms with Gasteiger partial charge in [-0.1, -0.05) is 30.3 Å². The van der Waals surface area contributed by atoms with Crippen molar-refractivity contribution in [1.29, 1.82) is 0 Å². The molecule has 1 aromatic carbocycles. The number of piperidine rings is 1. The second-order valence-corrected chi connectivity index (χ2v) is 8.69. The van der Waals surface area contributed by atoms with E-state index in [4.69, 9.17) is 10.1 Å². The van der Waals surface area contributed by atoms with Gasteiger partial charge in [0.25, 0.3) is 0 Å². The van der Waals surface area contributed by atoms with E-state index >= 15 is 0 Å². The monoisotopic (exact) mass is 426 g/mol. The molecule has 0 radical (unpaired) electrons. The third-order valence-corrected chi connectivity index (χ3v) is 6.36. The van der Waals surface area contributed by atoms with Crippen LogP contribution in [0, 0.1) is 6.92 Å². The highest BCUT2D eigenvalue weighted by Crippen LogP contribution is 2.32. The van der Waals surface area contributed by atoms with Crippen LogP contribution in [-0.2, 0) is 13.1 Å². The Morgan fingerprint density at radius 3 is 2.75 bits per heavy atom. The summed E-state index contributed by atoms with van der Waals surface area (Å²) in [5, 5.41) is 8.13. The summed E-state index contributed by atoms with van der Waals surface area (Å²) >= 11 is 0. The fourth-order valence-electron chi connectivity index (χ4n) is 4.91. The molecule has 1 aliphatic heterocycles. The molecule has 164 valence electrons. The van der Waals surface area contributed by atoms with Crippen LogP contribution >= 0.6 is 0 Å². The van der Waals surface area contributed by atoms with E-state index in [0.717, 1.165) is 54.3 Å². The molecular formula is C26H30N6. The van der Waals surface area contributed by atoms with Crippen molar-refractivity contribution in [2.45, 2.75) is 38.8 Å². The first-order chi connectivity index (χ1) is 15.7. The highest BCUT2D eigenvalue weighted by Gasteiger charge is 2.25. The van der Waals surface area contributed by atoms with Gasteiger partial charge in [-0.3, -0.25) is 9.88 Å². The van der Waals surface area contributed by atoms with Gasteiger partial charge in [0.1, 0.15) is 0 Å². The number of rotatable bonds is 6. The Kier molecular flexibility index (Phi) is 5.97. The zero-order chi connectivity index (χ0) is 21.9. The van der Waals surface area contributed by atoms with E-state index < -0.39 is 0 Å². The van der Waals surface area contributed by atoms with E-state index in [2.05, 4.69) is 75.2 Å². The van der Waals surface area contributed by atoms with Gasteiger partial charge in [0.15, 0.2) is 5.65 Å².